The molecule has 1 aliphatic rings. The third-order valence-corrected chi connectivity index (χ3v) is 6.59. The van der Waals surface area contributed by atoms with Crippen LogP contribution in [0.25, 0.3) is 17.3 Å². The Hall–Kier alpha value is -3.47. The summed E-state index contributed by atoms with van der Waals surface area (Å²) in [5, 5.41) is 13.6. The molecule has 0 unspecified atom stereocenters. The Labute approximate surface area is 198 Å². The lowest BCUT2D eigenvalue weighted by atomic mass is 10.0. The number of morpholine rings is 1. The van der Waals surface area contributed by atoms with Crippen LogP contribution in [0.15, 0.2) is 48.0 Å². The van der Waals surface area contributed by atoms with Crippen molar-refractivity contribution in [1.29, 1.82) is 5.26 Å². The van der Waals surface area contributed by atoms with E-state index in [1.54, 1.807) is 6.08 Å². The maximum absolute atomic E-state index is 13.0. The largest absolute Gasteiger partial charge is 0.378 e. The number of rotatable bonds is 5. The van der Waals surface area contributed by atoms with E-state index >= 15 is 0 Å². The fraction of sp³-hybridized carbons (Fsp3) is 0.269. The number of anilines is 2. The second kappa shape index (κ2) is 9.99. The number of benzene rings is 2. The summed E-state index contributed by atoms with van der Waals surface area (Å²) in [6.07, 6.45) is 1.65. The van der Waals surface area contributed by atoms with Crippen LogP contribution in [-0.2, 0) is 9.53 Å². The predicted molar refractivity (Wildman–Crippen MR) is 133 cm³/mol. The summed E-state index contributed by atoms with van der Waals surface area (Å²) in [6, 6.07) is 16.0. The van der Waals surface area contributed by atoms with Crippen molar-refractivity contribution in [2.45, 2.75) is 20.8 Å². The van der Waals surface area contributed by atoms with Gasteiger partial charge in [-0.25, -0.2) is 4.98 Å². The fourth-order valence-electron chi connectivity index (χ4n) is 3.95. The molecule has 0 bridgehead atoms. The van der Waals surface area contributed by atoms with Gasteiger partial charge in [0.1, 0.15) is 11.6 Å². The van der Waals surface area contributed by atoms with E-state index in [2.05, 4.69) is 16.3 Å². The van der Waals surface area contributed by atoms with Gasteiger partial charge in [0.05, 0.1) is 23.8 Å². The number of hydrogen-bond donors (Lipinski definition) is 1. The summed E-state index contributed by atoms with van der Waals surface area (Å²) in [6.45, 7) is 8.78. The Morgan fingerprint density at radius 2 is 1.82 bits per heavy atom. The van der Waals surface area contributed by atoms with Crippen LogP contribution < -0.4 is 10.2 Å². The number of amides is 1. The summed E-state index contributed by atoms with van der Waals surface area (Å²) < 4.78 is 5.47. The van der Waals surface area contributed by atoms with Crippen LogP contribution in [0.4, 0.5) is 10.8 Å². The molecular weight excluding hydrogens is 432 g/mol. The Bertz CT molecular complexity index is 1210. The lowest BCUT2D eigenvalue weighted by molar-refractivity contribution is -0.112. The van der Waals surface area contributed by atoms with Crippen molar-refractivity contribution in [2.24, 2.45) is 0 Å². The van der Waals surface area contributed by atoms with Gasteiger partial charge in [-0.15, -0.1) is 0 Å². The topological polar surface area (TPSA) is 78.2 Å². The van der Waals surface area contributed by atoms with Crippen molar-refractivity contribution in [2.75, 3.05) is 36.5 Å². The van der Waals surface area contributed by atoms with E-state index < -0.39 is 5.91 Å². The van der Waals surface area contributed by atoms with Crippen molar-refractivity contribution in [1.82, 2.24) is 4.98 Å². The maximum Gasteiger partial charge on any atom is 0.266 e. The molecule has 0 aliphatic carbocycles. The zero-order valence-electron chi connectivity index (χ0n) is 19.0. The number of ether oxygens (including phenoxy) is 1. The highest BCUT2D eigenvalue weighted by Gasteiger charge is 2.20. The molecule has 1 N–H and O–H groups in total. The molecular formula is C26H26N4O2S. The van der Waals surface area contributed by atoms with Gasteiger partial charge in [-0.05, 0) is 38.0 Å². The predicted octanol–water partition coefficient (Wildman–Crippen LogP) is 5.12. The van der Waals surface area contributed by atoms with Gasteiger partial charge in [0.15, 0.2) is 5.13 Å². The molecule has 1 saturated heterocycles. The maximum atomic E-state index is 13.0. The van der Waals surface area contributed by atoms with Gasteiger partial charge in [0, 0.05) is 24.3 Å². The summed E-state index contributed by atoms with van der Waals surface area (Å²) in [5.41, 5.74) is 5.57. The number of nitrogens with zero attached hydrogens (tertiary/aromatic N) is 3. The average Bonchev–Trinajstić information content (AvgIpc) is 3.24. The van der Waals surface area contributed by atoms with E-state index in [0.29, 0.717) is 13.2 Å². The van der Waals surface area contributed by atoms with Gasteiger partial charge in [-0.3, -0.25) is 4.79 Å². The molecule has 1 fully saturated rings. The highest BCUT2D eigenvalue weighted by Crippen LogP contribution is 2.35. The number of hydrogen-bond acceptors (Lipinski definition) is 6. The van der Waals surface area contributed by atoms with Crippen LogP contribution in [0.1, 0.15) is 21.6 Å². The molecule has 0 atom stereocenters. The first-order valence-corrected chi connectivity index (χ1v) is 11.7. The third-order valence-electron chi connectivity index (χ3n) is 5.53. The number of nitriles is 1. The number of carbonyl (C=O) groups is 1. The van der Waals surface area contributed by atoms with Crippen molar-refractivity contribution < 1.29 is 9.53 Å². The lowest BCUT2D eigenvalue weighted by Gasteiger charge is -2.26. The van der Waals surface area contributed by atoms with Crippen LogP contribution in [-0.4, -0.2) is 37.2 Å². The second-order valence-corrected chi connectivity index (χ2v) is 9.08. The summed E-state index contributed by atoms with van der Waals surface area (Å²) in [7, 11) is 0. The van der Waals surface area contributed by atoms with E-state index in [1.807, 2.05) is 63.2 Å². The standard InChI is InChI=1S/C26H26N4O2S/c1-17-13-18(2)23(19(3)14-17)28-25(31)21(16-27)15-22-24(20-7-5-4-6-8-20)29-26(33-22)30-9-11-32-12-10-30/h4-8,13-15H,9-12H2,1-3H3,(H,28,31)/b21-15+. The number of thiazole rings is 1. The molecule has 2 aromatic carbocycles. The minimum absolute atomic E-state index is 0.0451. The Morgan fingerprint density at radius 1 is 1.15 bits per heavy atom. The highest BCUT2D eigenvalue weighted by atomic mass is 32.1. The van der Waals surface area contributed by atoms with Crippen LogP contribution in [0, 0.1) is 32.1 Å². The molecule has 0 spiro atoms. The second-order valence-electron chi connectivity index (χ2n) is 8.07. The van der Waals surface area contributed by atoms with E-state index in [1.165, 1.54) is 11.3 Å². The fourth-order valence-corrected chi connectivity index (χ4v) is 5.03. The SMILES string of the molecule is Cc1cc(C)c(NC(=O)/C(C#N)=C/c2sc(N3CCOCC3)nc2-c2ccccc2)c(C)c1. The first-order chi connectivity index (χ1) is 16.0. The van der Waals surface area contributed by atoms with E-state index in [9.17, 15) is 10.1 Å². The molecule has 168 valence electrons. The van der Waals surface area contributed by atoms with Crippen molar-refractivity contribution in [3.63, 3.8) is 0 Å². The van der Waals surface area contributed by atoms with Crippen LogP contribution in [0.3, 0.4) is 0 Å². The highest BCUT2D eigenvalue weighted by molar-refractivity contribution is 7.17. The molecule has 1 aliphatic heterocycles. The molecule has 1 aromatic heterocycles. The van der Waals surface area contributed by atoms with Gasteiger partial charge in [0.25, 0.3) is 5.91 Å². The van der Waals surface area contributed by atoms with E-state index in [4.69, 9.17) is 9.72 Å². The third kappa shape index (κ3) is 5.14. The first kappa shape index (κ1) is 22.7. The molecule has 7 heteroatoms. The number of aromatic nitrogens is 1. The molecule has 0 saturated carbocycles. The molecule has 6 nitrogen and oxygen atoms in total. The number of nitrogens with one attached hydrogen (secondary N) is 1. The quantitative estimate of drug-likeness (QED) is 0.424. The Kier molecular flexibility index (Phi) is 6.87. The molecule has 4 rings (SSSR count). The molecule has 33 heavy (non-hydrogen) atoms. The lowest BCUT2D eigenvalue weighted by Crippen LogP contribution is -2.36. The van der Waals surface area contributed by atoms with Gasteiger partial charge >= 0.3 is 0 Å². The minimum Gasteiger partial charge on any atom is -0.378 e. The molecule has 2 heterocycles. The zero-order valence-corrected chi connectivity index (χ0v) is 19.8. The van der Waals surface area contributed by atoms with E-state index in [-0.39, 0.29) is 5.57 Å². The summed E-state index contributed by atoms with van der Waals surface area (Å²) >= 11 is 1.49. The van der Waals surface area contributed by atoms with Gasteiger partial charge in [-0.2, -0.15) is 5.26 Å². The smallest absolute Gasteiger partial charge is 0.266 e. The van der Waals surface area contributed by atoms with Crippen LogP contribution in [0.2, 0.25) is 0 Å². The Morgan fingerprint density at radius 3 is 2.45 bits per heavy atom. The van der Waals surface area contributed by atoms with Crippen molar-refractivity contribution in [3.05, 3.63) is 69.6 Å². The van der Waals surface area contributed by atoms with Gasteiger partial charge in [0.2, 0.25) is 0 Å². The van der Waals surface area contributed by atoms with Crippen LogP contribution >= 0.6 is 11.3 Å². The van der Waals surface area contributed by atoms with Gasteiger partial charge < -0.3 is 15.0 Å². The number of aryl methyl sites for hydroxylation is 3. The van der Waals surface area contributed by atoms with Gasteiger partial charge in [-0.1, -0.05) is 59.4 Å². The molecule has 0 radical (unpaired) electrons. The normalized spacial score (nSPS) is 14.1. The van der Waals surface area contributed by atoms with Crippen molar-refractivity contribution >= 4 is 34.1 Å². The minimum atomic E-state index is -0.423. The monoisotopic (exact) mass is 458 g/mol. The summed E-state index contributed by atoms with van der Waals surface area (Å²) in [5.74, 6) is -0.423. The van der Waals surface area contributed by atoms with Crippen LogP contribution in [0.5, 0.6) is 0 Å². The summed E-state index contributed by atoms with van der Waals surface area (Å²) in [4.78, 5) is 20.9. The zero-order chi connectivity index (χ0) is 23.4. The first-order valence-electron chi connectivity index (χ1n) is 10.9. The average molecular weight is 459 g/mol. The molecule has 1 amide bonds. The molecule has 3 aromatic rings. The van der Waals surface area contributed by atoms with Crippen molar-refractivity contribution in [3.8, 4) is 17.3 Å². The number of carbonyl (C=O) groups excluding carboxylic acids is 1. The Balaban J connectivity index is 1.70. The van der Waals surface area contributed by atoms with E-state index in [0.717, 1.165) is 56.7 Å².